The lowest BCUT2D eigenvalue weighted by Crippen LogP contribution is -2.14. The number of rotatable bonds is 4. The van der Waals surface area contributed by atoms with E-state index in [1.165, 1.54) is 0 Å². The Bertz CT molecular complexity index is 390. The number of aliphatic hydroxyl groups excluding tert-OH is 1. The quantitative estimate of drug-likeness (QED) is 0.822. The van der Waals surface area contributed by atoms with Crippen LogP contribution < -0.4 is 0 Å². The van der Waals surface area contributed by atoms with Crippen molar-refractivity contribution in [2.24, 2.45) is 0 Å². The third kappa shape index (κ3) is 6.61. The first-order chi connectivity index (χ1) is 7.97. The van der Waals surface area contributed by atoms with Gasteiger partial charge in [-0.25, -0.2) is 0 Å². The van der Waals surface area contributed by atoms with E-state index in [0.717, 1.165) is 11.5 Å². The van der Waals surface area contributed by atoms with Crippen molar-refractivity contribution in [2.75, 3.05) is 6.61 Å². The van der Waals surface area contributed by atoms with Crippen molar-refractivity contribution in [3.63, 3.8) is 0 Å². The van der Waals surface area contributed by atoms with Gasteiger partial charge >= 0.3 is 6.18 Å². The molecule has 17 heavy (non-hydrogen) atoms. The molecule has 92 valence electrons. The molecule has 0 radical (unpaired) electrons. The molecule has 0 aliphatic rings. The molecule has 0 bridgehead atoms. The number of aliphatic hydroxyl groups is 1. The third-order valence-electron chi connectivity index (χ3n) is 1.77. The minimum Gasteiger partial charge on any atom is -0.378 e. The summed E-state index contributed by atoms with van der Waals surface area (Å²) in [7, 11) is 0. The van der Waals surface area contributed by atoms with Crippen molar-refractivity contribution in [3.05, 3.63) is 35.9 Å². The van der Waals surface area contributed by atoms with E-state index < -0.39 is 12.3 Å². The molecule has 1 unspecified atom stereocenters. The molecule has 0 aliphatic carbocycles. The van der Waals surface area contributed by atoms with E-state index in [0.29, 0.717) is 0 Å². The Balaban J connectivity index is 2.29. The maximum absolute atomic E-state index is 11.7. The number of hydrogen-bond acceptors (Lipinski definition) is 2. The van der Waals surface area contributed by atoms with Crippen LogP contribution in [0, 0.1) is 11.8 Å². The van der Waals surface area contributed by atoms with E-state index in [-0.39, 0.29) is 13.2 Å². The summed E-state index contributed by atoms with van der Waals surface area (Å²) in [5.41, 5.74) is 0.878. The van der Waals surface area contributed by atoms with Gasteiger partial charge in [-0.15, -0.1) is 0 Å². The Morgan fingerprint density at radius 1 is 1.24 bits per heavy atom. The second-order valence-corrected chi connectivity index (χ2v) is 3.28. The van der Waals surface area contributed by atoms with Crippen LogP contribution in [0.2, 0.25) is 0 Å². The maximum Gasteiger partial charge on any atom is 0.457 e. The van der Waals surface area contributed by atoms with Crippen LogP contribution >= 0.6 is 0 Å². The molecule has 0 aliphatic heterocycles. The van der Waals surface area contributed by atoms with Gasteiger partial charge in [0.15, 0.2) is 0 Å². The largest absolute Gasteiger partial charge is 0.457 e. The highest BCUT2D eigenvalue weighted by Gasteiger charge is 2.23. The summed E-state index contributed by atoms with van der Waals surface area (Å²) in [6, 6.07) is 9.10. The zero-order valence-electron chi connectivity index (χ0n) is 8.87. The zero-order chi connectivity index (χ0) is 12.7. The molecule has 1 atom stereocenters. The fraction of sp³-hybridized carbons (Fsp3) is 0.333. The molecule has 2 nitrogen and oxygen atoms in total. The highest BCUT2D eigenvalue weighted by atomic mass is 19.4. The molecule has 1 aromatic carbocycles. The van der Waals surface area contributed by atoms with Crippen LogP contribution in [0.4, 0.5) is 13.2 Å². The Labute approximate surface area is 97.0 Å². The summed E-state index contributed by atoms with van der Waals surface area (Å²) in [6.45, 7) is -0.0242. The lowest BCUT2D eigenvalue weighted by atomic mass is 10.2. The summed E-state index contributed by atoms with van der Waals surface area (Å²) in [4.78, 5) is 0. The number of halogens is 3. The number of benzene rings is 1. The van der Waals surface area contributed by atoms with Crippen LogP contribution in [0.3, 0.4) is 0 Å². The van der Waals surface area contributed by atoms with Gasteiger partial charge in [0.1, 0.15) is 6.10 Å². The van der Waals surface area contributed by atoms with Crippen LogP contribution in [0.1, 0.15) is 5.56 Å². The van der Waals surface area contributed by atoms with Crippen LogP contribution in [-0.2, 0) is 11.3 Å². The number of hydrogen-bond donors (Lipinski definition) is 1. The number of alkyl halides is 3. The summed E-state index contributed by atoms with van der Waals surface area (Å²) in [6.07, 6.45) is -6.01. The average molecular weight is 244 g/mol. The Hall–Kier alpha value is -1.51. The van der Waals surface area contributed by atoms with Gasteiger partial charge in [-0.3, -0.25) is 0 Å². The zero-order valence-corrected chi connectivity index (χ0v) is 8.87. The summed E-state index contributed by atoms with van der Waals surface area (Å²) in [5.74, 6) is 2.65. The Morgan fingerprint density at radius 3 is 2.47 bits per heavy atom. The Morgan fingerprint density at radius 2 is 1.88 bits per heavy atom. The van der Waals surface area contributed by atoms with Gasteiger partial charge < -0.3 is 9.84 Å². The molecular weight excluding hydrogens is 233 g/mol. The van der Waals surface area contributed by atoms with E-state index in [1.54, 1.807) is 5.92 Å². The molecule has 0 aromatic heterocycles. The number of ether oxygens (including phenoxy) is 1. The van der Waals surface area contributed by atoms with E-state index in [1.807, 2.05) is 30.3 Å². The molecule has 0 spiro atoms. The second-order valence-electron chi connectivity index (χ2n) is 3.28. The van der Waals surface area contributed by atoms with Gasteiger partial charge in [0.25, 0.3) is 0 Å². The third-order valence-corrected chi connectivity index (χ3v) is 1.77. The predicted molar refractivity (Wildman–Crippen MR) is 55.9 cm³/mol. The molecule has 0 fully saturated rings. The first kappa shape index (κ1) is 13.6. The minimum atomic E-state index is -4.58. The van der Waals surface area contributed by atoms with E-state index >= 15 is 0 Å². The van der Waals surface area contributed by atoms with Gasteiger partial charge in [-0.05, 0) is 5.56 Å². The smallest absolute Gasteiger partial charge is 0.378 e. The minimum absolute atomic E-state index is 0.228. The molecule has 0 saturated carbocycles. The predicted octanol–water partition coefficient (Wildman–Crippen LogP) is 2.13. The van der Waals surface area contributed by atoms with Crippen molar-refractivity contribution in [1.29, 1.82) is 0 Å². The monoisotopic (exact) mass is 244 g/mol. The second kappa shape index (κ2) is 6.28. The molecular formula is C12H11F3O2. The van der Waals surface area contributed by atoms with Crippen LogP contribution in [-0.4, -0.2) is 24.0 Å². The SMILES string of the molecule is OC(C#CC(F)(F)F)COCc1ccccc1. The van der Waals surface area contributed by atoms with Crippen LogP contribution in [0.5, 0.6) is 0 Å². The fourth-order valence-corrected chi connectivity index (χ4v) is 1.07. The highest BCUT2D eigenvalue weighted by Crippen LogP contribution is 2.11. The van der Waals surface area contributed by atoms with E-state index in [9.17, 15) is 13.2 Å². The lowest BCUT2D eigenvalue weighted by Gasteiger charge is -2.05. The van der Waals surface area contributed by atoms with Crippen molar-refractivity contribution in [1.82, 2.24) is 0 Å². The van der Waals surface area contributed by atoms with Crippen LogP contribution in [0.25, 0.3) is 0 Å². The van der Waals surface area contributed by atoms with Gasteiger partial charge in [0.2, 0.25) is 0 Å². The molecule has 1 N–H and O–H groups in total. The summed E-state index contributed by atoms with van der Waals surface area (Å²) in [5, 5.41) is 9.09. The molecule has 0 heterocycles. The summed E-state index contributed by atoms with van der Waals surface area (Å²) >= 11 is 0. The molecule has 1 rings (SSSR count). The van der Waals surface area contributed by atoms with Crippen LogP contribution in [0.15, 0.2) is 30.3 Å². The molecule has 0 amide bonds. The topological polar surface area (TPSA) is 29.5 Å². The standard InChI is InChI=1S/C12H11F3O2/c13-12(14,15)7-6-11(16)9-17-8-10-4-2-1-3-5-10/h1-5,11,16H,8-9H2. The van der Waals surface area contributed by atoms with E-state index in [4.69, 9.17) is 9.84 Å². The van der Waals surface area contributed by atoms with Gasteiger partial charge in [0.05, 0.1) is 13.2 Å². The maximum atomic E-state index is 11.7. The highest BCUT2D eigenvalue weighted by molar-refractivity contribution is 5.13. The Kier molecular flexibility index (Phi) is 5.01. The first-order valence-electron chi connectivity index (χ1n) is 4.86. The van der Waals surface area contributed by atoms with Crippen molar-refractivity contribution < 1.29 is 23.0 Å². The fourth-order valence-electron chi connectivity index (χ4n) is 1.07. The average Bonchev–Trinajstić information content (AvgIpc) is 2.27. The summed E-state index contributed by atoms with van der Waals surface area (Å²) < 4.78 is 40.1. The van der Waals surface area contributed by atoms with Crippen molar-refractivity contribution in [3.8, 4) is 11.8 Å². The van der Waals surface area contributed by atoms with Gasteiger partial charge in [-0.2, -0.15) is 13.2 Å². The van der Waals surface area contributed by atoms with Gasteiger partial charge in [0, 0.05) is 5.92 Å². The van der Waals surface area contributed by atoms with Crippen molar-refractivity contribution >= 4 is 0 Å². The molecule has 0 saturated heterocycles. The molecule has 5 heteroatoms. The van der Waals surface area contributed by atoms with Crippen molar-refractivity contribution in [2.45, 2.75) is 18.9 Å². The molecule has 1 aromatic rings. The van der Waals surface area contributed by atoms with E-state index in [2.05, 4.69) is 0 Å². The lowest BCUT2D eigenvalue weighted by molar-refractivity contribution is -0.0701. The normalized spacial score (nSPS) is 12.7. The first-order valence-corrected chi connectivity index (χ1v) is 4.86. The van der Waals surface area contributed by atoms with Gasteiger partial charge in [-0.1, -0.05) is 36.3 Å².